The first-order valence-corrected chi connectivity index (χ1v) is 12.0. The first-order valence-electron chi connectivity index (χ1n) is 12.0. The van der Waals surface area contributed by atoms with Gasteiger partial charge in [-0.1, -0.05) is 35.9 Å². The van der Waals surface area contributed by atoms with Crippen LogP contribution in [0, 0.1) is 18.8 Å². The first kappa shape index (κ1) is 17.8. The number of rotatable bonds is 2. The molecular weight excluding hydrogens is 374 g/mol. The summed E-state index contributed by atoms with van der Waals surface area (Å²) >= 11 is 0. The Morgan fingerprint density at radius 2 is 1.52 bits per heavy atom. The van der Waals surface area contributed by atoms with Crippen molar-refractivity contribution in [2.45, 2.75) is 52.4 Å². The van der Waals surface area contributed by atoms with E-state index in [-0.39, 0.29) is 0 Å². The van der Waals surface area contributed by atoms with E-state index in [0.717, 1.165) is 11.8 Å². The number of hydrogen-bond acceptors (Lipinski definition) is 0. The number of fused-ring (bicyclic) bond motifs is 5. The fourth-order valence-corrected chi connectivity index (χ4v) is 6.57. The molecule has 0 aliphatic heterocycles. The van der Waals surface area contributed by atoms with Gasteiger partial charge in [0.15, 0.2) is 0 Å². The maximum absolute atomic E-state index is 2.57. The van der Waals surface area contributed by atoms with E-state index in [9.17, 15) is 0 Å². The van der Waals surface area contributed by atoms with Crippen LogP contribution in [0.1, 0.15) is 54.9 Å². The molecule has 3 aromatic carbocycles. The summed E-state index contributed by atoms with van der Waals surface area (Å²) < 4.78 is 2.57. The van der Waals surface area contributed by atoms with Gasteiger partial charge >= 0.3 is 0 Å². The predicted octanol–water partition coefficient (Wildman–Crippen LogP) is 7.78. The summed E-state index contributed by atoms with van der Waals surface area (Å²) in [6.07, 6.45) is 7.88. The van der Waals surface area contributed by atoms with Crippen LogP contribution in [0.5, 0.6) is 0 Å². The molecule has 7 rings (SSSR count). The van der Waals surface area contributed by atoms with E-state index >= 15 is 0 Å². The second-order valence-corrected chi connectivity index (χ2v) is 10.2. The molecule has 1 aromatic heterocycles. The van der Waals surface area contributed by atoms with Crippen LogP contribution in [0.25, 0.3) is 33.1 Å². The molecule has 0 saturated heterocycles. The minimum absolute atomic E-state index is 0.906. The van der Waals surface area contributed by atoms with Gasteiger partial charge in [-0.05, 0) is 111 Å². The number of nitrogens with zero attached hydrogens (tertiary/aromatic N) is 1. The van der Waals surface area contributed by atoms with Crippen molar-refractivity contribution in [1.29, 1.82) is 0 Å². The van der Waals surface area contributed by atoms with E-state index in [1.165, 1.54) is 82.7 Å². The van der Waals surface area contributed by atoms with Crippen molar-refractivity contribution >= 4 is 27.4 Å². The Hall–Kier alpha value is -2.80. The monoisotopic (exact) mass is 403 g/mol. The average molecular weight is 404 g/mol. The third kappa shape index (κ3) is 2.44. The second kappa shape index (κ2) is 6.36. The number of benzene rings is 3. The Labute approximate surface area is 184 Å². The summed E-state index contributed by atoms with van der Waals surface area (Å²) in [4.78, 5) is 0. The molecule has 0 N–H and O–H groups in total. The van der Waals surface area contributed by atoms with Crippen LogP contribution in [0.3, 0.4) is 0 Å². The second-order valence-electron chi connectivity index (χ2n) is 10.2. The lowest BCUT2D eigenvalue weighted by Gasteiger charge is -2.42. The highest BCUT2D eigenvalue weighted by Crippen LogP contribution is 2.51. The van der Waals surface area contributed by atoms with Crippen molar-refractivity contribution in [1.82, 2.24) is 4.57 Å². The Morgan fingerprint density at radius 1 is 0.774 bits per heavy atom. The third-order valence-electron chi connectivity index (χ3n) is 8.56. The molecule has 1 fully saturated rings. The highest BCUT2D eigenvalue weighted by molar-refractivity contribution is 6.13. The molecule has 0 spiro atoms. The van der Waals surface area contributed by atoms with Crippen molar-refractivity contribution in [2.75, 3.05) is 0 Å². The van der Waals surface area contributed by atoms with Gasteiger partial charge in [-0.25, -0.2) is 0 Å². The lowest BCUT2D eigenvalue weighted by atomic mass is 9.63. The van der Waals surface area contributed by atoms with Crippen LogP contribution < -0.4 is 0 Å². The minimum Gasteiger partial charge on any atom is -0.309 e. The molecule has 31 heavy (non-hydrogen) atoms. The molecule has 0 bridgehead atoms. The fourth-order valence-electron chi connectivity index (χ4n) is 6.57. The Kier molecular flexibility index (Phi) is 3.66. The zero-order chi connectivity index (χ0) is 20.7. The first-order chi connectivity index (χ1) is 15.2. The van der Waals surface area contributed by atoms with E-state index in [2.05, 4.69) is 73.0 Å². The van der Waals surface area contributed by atoms with Crippen LogP contribution in [-0.2, 0) is 12.8 Å². The largest absolute Gasteiger partial charge is 0.309 e. The molecule has 3 aliphatic rings. The molecule has 2 atom stereocenters. The van der Waals surface area contributed by atoms with Gasteiger partial charge in [0.2, 0.25) is 0 Å². The third-order valence-corrected chi connectivity index (χ3v) is 8.56. The van der Waals surface area contributed by atoms with Crippen molar-refractivity contribution < 1.29 is 0 Å². The van der Waals surface area contributed by atoms with Gasteiger partial charge < -0.3 is 4.57 Å². The highest BCUT2D eigenvalue weighted by Gasteiger charge is 2.36. The number of aryl methyl sites for hydroxylation is 3. The number of para-hydroxylation sites is 1. The van der Waals surface area contributed by atoms with E-state index < -0.39 is 0 Å². The molecule has 0 amide bonds. The average Bonchev–Trinajstić information content (AvgIpc) is 3.06. The number of allylic oxidation sites excluding steroid dienone is 2. The minimum atomic E-state index is 0.906. The zero-order valence-electron chi connectivity index (χ0n) is 18.5. The van der Waals surface area contributed by atoms with Gasteiger partial charge in [-0.3, -0.25) is 0 Å². The summed E-state index contributed by atoms with van der Waals surface area (Å²) in [5.41, 5.74) is 13.4. The quantitative estimate of drug-likeness (QED) is 0.322. The topological polar surface area (TPSA) is 4.93 Å². The highest BCUT2D eigenvalue weighted by atomic mass is 15.0. The SMILES string of the molecule is CC1=C(c2c(C)ccc3c4cc5c(cc4n(-c4ccccc4)c23)CC5)CC2CCC2C1. The normalized spacial score (nSPS) is 22.3. The van der Waals surface area contributed by atoms with Crippen molar-refractivity contribution in [3.63, 3.8) is 0 Å². The van der Waals surface area contributed by atoms with Gasteiger partial charge in [-0.15, -0.1) is 0 Å². The summed E-state index contributed by atoms with van der Waals surface area (Å²) in [6, 6.07) is 20.7. The van der Waals surface area contributed by atoms with E-state index in [4.69, 9.17) is 0 Å². The van der Waals surface area contributed by atoms with Crippen LogP contribution in [0.4, 0.5) is 0 Å². The molecule has 2 unspecified atom stereocenters. The molecule has 1 heteroatoms. The summed E-state index contributed by atoms with van der Waals surface area (Å²) in [7, 11) is 0. The van der Waals surface area contributed by atoms with Crippen molar-refractivity contribution in [2.24, 2.45) is 11.8 Å². The van der Waals surface area contributed by atoms with E-state index in [1.54, 1.807) is 16.7 Å². The van der Waals surface area contributed by atoms with Gasteiger partial charge in [0.1, 0.15) is 0 Å². The Morgan fingerprint density at radius 3 is 2.26 bits per heavy atom. The zero-order valence-corrected chi connectivity index (χ0v) is 18.5. The van der Waals surface area contributed by atoms with Crippen LogP contribution in [-0.4, -0.2) is 4.57 Å². The van der Waals surface area contributed by atoms with Gasteiger partial charge in [0.25, 0.3) is 0 Å². The lowest BCUT2D eigenvalue weighted by molar-refractivity contribution is 0.171. The maximum Gasteiger partial charge on any atom is 0.0618 e. The Balaban J connectivity index is 1.62. The van der Waals surface area contributed by atoms with Gasteiger partial charge in [0.05, 0.1) is 11.0 Å². The van der Waals surface area contributed by atoms with Gasteiger partial charge in [-0.2, -0.15) is 0 Å². The molecule has 0 radical (unpaired) electrons. The van der Waals surface area contributed by atoms with Crippen molar-refractivity contribution in [3.8, 4) is 5.69 Å². The standard InChI is InChI=1S/C30H29N/c1-18-8-13-25-27-16-22-11-12-23(22)17-28(27)31(24-6-4-3-5-7-24)30(25)29(18)26-15-21-10-9-20(21)14-19(26)2/h3-8,13,16-17,20-21H,9-12,14-15H2,1-2H3. The maximum atomic E-state index is 2.57. The van der Waals surface area contributed by atoms with Crippen LogP contribution >= 0.6 is 0 Å². The predicted molar refractivity (Wildman–Crippen MR) is 131 cm³/mol. The molecule has 154 valence electrons. The summed E-state index contributed by atoms with van der Waals surface area (Å²) in [5, 5.41) is 2.85. The van der Waals surface area contributed by atoms with E-state index in [0.29, 0.717) is 0 Å². The molecular formula is C30H29N. The molecule has 1 heterocycles. The summed E-state index contributed by atoms with van der Waals surface area (Å²) in [5.74, 6) is 1.85. The van der Waals surface area contributed by atoms with Gasteiger partial charge in [0, 0.05) is 22.0 Å². The molecule has 1 saturated carbocycles. The Bertz CT molecular complexity index is 1400. The number of hydrogen-bond donors (Lipinski definition) is 0. The fraction of sp³-hybridized carbons (Fsp3) is 0.333. The molecule has 3 aliphatic carbocycles. The number of aromatic nitrogens is 1. The van der Waals surface area contributed by atoms with Crippen molar-refractivity contribution in [3.05, 3.63) is 82.4 Å². The molecule has 1 nitrogen and oxygen atoms in total. The lowest BCUT2D eigenvalue weighted by Crippen LogP contribution is -2.29. The van der Waals surface area contributed by atoms with Crippen LogP contribution in [0.15, 0.2) is 60.2 Å². The van der Waals surface area contributed by atoms with E-state index in [1.807, 2.05) is 0 Å². The van der Waals surface area contributed by atoms with Crippen LogP contribution in [0.2, 0.25) is 0 Å². The smallest absolute Gasteiger partial charge is 0.0618 e. The molecule has 4 aromatic rings. The summed E-state index contributed by atoms with van der Waals surface area (Å²) in [6.45, 7) is 4.73.